The van der Waals surface area contributed by atoms with E-state index in [1.165, 1.54) is 11.8 Å². The Hall–Kier alpha value is -2.02. The summed E-state index contributed by atoms with van der Waals surface area (Å²) >= 11 is 1.29. The lowest BCUT2D eigenvalue weighted by molar-refractivity contribution is -0.120. The Morgan fingerprint density at radius 2 is 2.13 bits per heavy atom. The second-order valence-electron chi connectivity index (χ2n) is 5.28. The second kappa shape index (κ2) is 8.57. The molecular weight excluding hydrogens is 312 g/mol. The van der Waals surface area contributed by atoms with Crippen molar-refractivity contribution < 1.29 is 4.79 Å². The van der Waals surface area contributed by atoms with E-state index in [2.05, 4.69) is 22.4 Å². The summed E-state index contributed by atoms with van der Waals surface area (Å²) in [4.78, 5) is 23.9. The van der Waals surface area contributed by atoms with Crippen LogP contribution >= 0.6 is 11.8 Å². The number of nitrogens with one attached hydrogen (secondary N) is 2. The van der Waals surface area contributed by atoms with E-state index in [4.69, 9.17) is 0 Å². The van der Waals surface area contributed by atoms with E-state index < -0.39 is 0 Å². The van der Waals surface area contributed by atoms with Crippen molar-refractivity contribution in [1.29, 1.82) is 0 Å². The summed E-state index contributed by atoms with van der Waals surface area (Å²) in [6, 6.07) is 9.75. The molecule has 7 heteroatoms. The number of amides is 1. The van der Waals surface area contributed by atoms with Crippen LogP contribution in [0.3, 0.4) is 0 Å². The molecule has 0 radical (unpaired) electrons. The van der Waals surface area contributed by atoms with E-state index in [9.17, 15) is 9.59 Å². The van der Waals surface area contributed by atoms with Gasteiger partial charge in [0.05, 0.1) is 5.25 Å². The van der Waals surface area contributed by atoms with Gasteiger partial charge in [-0.2, -0.15) is 0 Å². The zero-order valence-corrected chi connectivity index (χ0v) is 14.2. The molecule has 1 amide bonds. The number of nitrogens with zero attached hydrogens (tertiary/aromatic N) is 2. The number of carbonyl (C=O) groups excluding carboxylic acids is 1. The smallest absolute Gasteiger partial charge is 0.343 e. The van der Waals surface area contributed by atoms with Crippen molar-refractivity contribution in [2.45, 2.75) is 50.2 Å². The monoisotopic (exact) mass is 334 g/mol. The average molecular weight is 334 g/mol. The quantitative estimate of drug-likeness (QED) is 0.725. The largest absolute Gasteiger partial charge is 0.351 e. The van der Waals surface area contributed by atoms with Gasteiger partial charge in [-0.15, -0.1) is 5.10 Å². The Bertz CT molecular complexity index is 681. The summed E-state index contributed by atoms with van der Waals surface area (Å²) in [5.74, 6) is -0.0728. The van der Waals surface area contributed by atoms with Gasteiger partial charge < -0.3 is 5.32 Å². The second-order valence-corrected chi connectivity index (χ2v) is 6.59. The van der Waals surface area contributed by atoms with Crippen molar-refractivity contribution >= 4 is 17.7 Å². The number of hydrogen-bond acceptors (Lipinski definition) is 4. The van der Waals surface area contributed by atoms with Gasteiger partial charge in [0.15, 0.2) is 5.16 Å². The number of aromatic nitrogens is 3. The van der Waals surface area contributed by atoms with Gasteiger partial charge in [0, 0.05) is 13.1 Å². The lowest BCUT2D eigenvalue weighted by atomic mass is 10.2. The molecule has 23 heavy (non-hydrogen) atoms. The number of benzene rings is 1. The summed E-state index contributed by atoms with van der Waals surface area (Å²) in [7, 11) is 0. The van der Waals surface area contributed by atoms with Crippen LogP contribution < -0.4 is 11.0 Å². The third-order valence-electron chi connectivity index (χ3n) is 3.42. The fraction of sp³-hybridized carbons (Fsp3) is 0.438. The fourth-order valence-electron chi connectivity index (χ4n) is 2.05. The van der Waals surface area contributed by atoms with Crippen molar-refractivity contribution in [2.75, 3.05) is 0 Å². The number of hydrogen-bond donors (Lipinski definition) is 2. The molecule has 0 saturated carbocycles. The molecule has 2 aromatic rings. The Kier molecular flexibility index (Phi) is 6.46. The first-order valence-electron chi connectivity index (χ1n) is 7.75. The van der Waals surface area contributed by atoms with Crippen molar-refractivity contribution in [3.63, 3.8) is 0 Å². The zero-order chi connectivity index (χ0) is 16.7. The highest BCUT2D eigenvalue weighted by atomic mass is 32.2. The molecule has 2 N–H and O–H groups in total. The van der Waals surface area contributed by atoms with Crippen LogP contribution in [-0.2, 0) is 17.9 Å². The lowest BCUT2D eigenvalue weighted by Crippen LogP contribution is -2.30. The van der Waals surface area contributed by atoms with Crippen LogP contribution in [0.1, 0.15) is 32.3 Å². The molecule has 1 unspecified atom stereocenters. The van der Waals surface area contributed by atoms with Crippen LogP contribution in [-0.4, -0.2) is 25.9 Å². The normalized spacial score (nSPS) is 12.1. The summed E-state index contributed by atoms with van der Waals surface area (Å²) in [6.45, 7) is 4.99. The number of unbranched alkanes of at least 4 members (excludes halogenated alkanes) is 1. The first-order chi connectivity index (χ1) is 11.1. The van der Waals surface area contributed by atoms with Crippen LogP contribution in [0.15, 0.2) is 40.3 Å². The van der Waals surface area contributed by atoms with E-state index in [0.29, 0.717) is 18.2 Å². The van der Waals surface area contributed by atoms with Crippen LogP contribution in [0.2, 0.25) is 0 Å². The van der Waals surface area contributed by atoms with E-state index in [-0.39, 0.29) is 16.8 Å². The Labute approximate surface area is 139 Å². The molecule has 0 aliphatic heterocycles. The number of aromatic amines is 1. The molecule has 124 valence electrons. The molecule has 1 aromatic heterocycles. The van der Waals surface area contributed by atoms with Gasteiger partial charge in [0.2, 0.25) is 5.91 Å². The van der Waals surface area contributed by atoms with Gasteiger partial charge in [-0.25, -0.2) is 9.89 Å². The van der Waals surface area contributed by atoms with Gasteiger partial charge in [-0.3, -0.25) is 9.36 Å². The van der Waals surface area contributed by atoms with Crippen molar-refractivity contribution in [2.24, 2.45) is 0 Å². The molecule has 1 atom stereocenters. The first-order valence-corrected chi connectivity index (χ1v) is 8.63. The molecule has 0 spiro atoms. The highest BCUT2D eigenvalue weighted by molar-refractivity contribution is 8.00. The third kappa shape index (κ3) is 4.99. The highest BCUT2D eigenvalue weighted by Gasteiger charge is 2.18. The molecule has 0 bridgehead atoms. The number of H-pyrrole nitrogens is 1. The molecule has 0 fully saturated rings. The molecule has 1 aromatic carbocycles. The average Bonchev–Trinajstić information content (AvgIpc) is 2.91. The minimum atomic E-state index is -0.325. The first kappa shape index (κ1) is 17.3. The minimum Gasteiger partial charge on any atom is -0.351 e. The number of carbonyl (C=O) groups is 1. The van der Waals surface area contributed by atoms with Gasteiger partial charge in [-0.1, -0.05) is 55.4 Å². The molecular formula is C16H22N4O2S. The summed E-state index contributed by atoms with van der Waals surface area (Å²) in [5.41, 5.74) is 0.829. The standard InChI is InChI=1S/C16H22N4O2S/c1-3-4-10-20-15(22)18-19-16(20)23-12(2)14(21)17-11-13-8-6-5-7-9-13/h5-9,12H,3-4,10-11H2,1-2H3,(H,17,21)(H,18,22). The van der Waals surface area contributed by atoms with Crippen LogP contribution in [0.25, 0.3) is 0 Å². The van der Waals surface area contributed by atoms with Gasteiger partial charge in [0.25, 0.3) is 0 Å². The summed E-state index contributed by atoms with van der Waals surface area (Å²) in [6.07, 6.45) is 1.90. The number of thioether (sulfide) groups is 1. The summed E-state index contributed by atoms with van der Waals surface area (Å²) in [5, 5.41) is 9.61. The molecule has 0 aliphatic rings. The van der Waals surface area contributed by atoms with Gasteiger partial charge >= 0.3 is 5.69 Å². The Balaban J connectivity index is 1.92. The number of rotatable bonds is 8. The van der Waals surface area contributed by atoms with Crippen molar-refractivity contribution in [3.8, 4) is 0 Å². The van der Waals surface area contributed by atoms with Crippen LogP contribution in [0.4, 0.5) is 0 Å². The predicted molar refractivity (Wildman–Crippen MR) is 91.4 cm³/mol. The lowest BCUT2D eigenvalue weighted by Gasteiger charge is -2.12. The Morgan fingerprint density at radius 3 is 2.83 bits per heavy atom. The van der Waals surface area contributed by atoms with Crippen molar-refractivity contribution in [3.05, 3.63) is 46.4 Å². The predicted octanol–water partition coefficient (Wildman–Crippen LogP) is 2.17. The maximum Gasteiger partial charge on any atom is 0.343 e. The molecule has 0 aliphatic carbocycles. The zero-order valence-electron chi connectivity index (χ0n) is 13.4. The molecule has 0 saturated heterocycles. The van der Waals surface area contributed by atoms with E-state index in [0.717, 1.165) is 18.4 Å². The summed E-state index contributed by atoms with van der Waals surface area (Å²) < 4.78 is 1.59. The Morgan fingerprint density at radius 1 is 1.39 bits per heavy atom. The fourth-order valence-corrected chi connectivity index (χ4v) is 2.95. The topological polar surface area (TPSA) is 79.8 Å². The molecule has 2 rings (SSSR count). The molecule has 6 nitrogen and oxygen atoms in total. The van der Waals surface area contributed by atoms with E-state index in [1.54, 1.807) is 4.57 Å². The van der Waals surface area contributed by atoms with Crippen LogP contribution in [0.5, 0.6) is 0 Å². The maximum absolute atomic E-state index is 12.2. The van der Waals surface area contributed by atoms with Gasteiger partial charge in [-0.05, 0) is 18.9 Å². The van der Waals surface area contributed by atoms with Gasteiger partial charge in [0.1, 0.15) is 0 Å². The van der Waals surface area contributed by atoms with Crippen LogP contribution in [0, 0.1) is 0 Å². The van der Waals surface area contributed by atoms with E-state index >= 15 is 0 Å². The third-order valence-corrected chi connectivity index (χ3v) is 4.51. The van der Waals surface area contributed by atoms with Crippen molar-refractivity contribution in [1.82, 2.24) is 20.1 Å². The minimum absolute atomic E-state index is 0.0728. The van der Waals surface area contributed by atoms with E-state index in [1.807, 2.05) is 37.3 Å². The maximum atomic E-state index is 12.2. The SMILES string of the molecule is CCCCn1c(SC(C)C(=O)NCc2ccccc2)n[nH]c1=O. The molecule has 1 heterocycles. The highest BCUT2D eigenvalue weighted by Crippen LogP contribution is 2.20.